The summed E-state index contributed by atoms with van der Waals surface area (Å²) in [6.07, 6.45) is 2.31. The second kappa shape index (κ2) is 7.06. The van der Waals surface area contributed by atoms with Gasteiger partial charge in [-0.1, -0.05) is 29.8 Å². The molecule has 0 radical (unpaired) electrons. The van der Waals surface area contributed by atoms with Crippen molar-refractivity contribution in [1.82, 2.24) is 24.7 Å². The topological polar surface area (TPSA) is 69.6 Å². The Balaban J connectivity index is 1.64. The zero-order valence-corrected chi connectivity index (χ0v) is 14.4. The predicted molar refractivity (Wildman–Crippen MR) is 94.0 cm³/mol. The highest BCUT2D eigenvalue weighted by atomic mass is 19.3. The van der Waals surface area contributed by atoms with Gasteiger partial charge in [-0.05, 0) is 24.6 Å². The van der Waals surface area contributed by atoms with Gasteiger partial charge < -0.3 is 8.98 Å². The van der Waals surface area contributed by atoms with Gasteiger partial charge >= 0.3 is 6.43 Å². The van der Waals surface area contributed by atoms with Crippen molar-refractivity contribution in [3.63, 3.8) is 0 Å². The average molecular weight is 367 g/mol. The lowest BCUT2D eigenvalue weighted by molar-refractivity contribution is 0.116. The molecule has 8 heteroatoms. The molecule has 0 N–H and O–H groups in total. The number of benzene rings is 1. The highest BCUT2D eigenvalue weighted by molar-refractivity contribution is 5.61. The number of hydrogen-bond acceptors (Lipinski definition) is 5. The molecule has 0 bridgehead atoms. The van der Waals surface area contributed by atoms with Crippen LogP contribution in [0, 0.1) is 6.92 Å². The third kappa shape index (κ3) is 3.59. The summed E-state index contributed by atoms with van der Waals surface area (Å²) in [7, 11) is 0. The van der Waals surface area contributed by atoms with Crippen LogP contribution in [0.1, 0.15) is 23.4 Å². The van der Waals surface area contributed by atoms with Crippen LogP contribution in [-0.4, -0.2) is 24.7 Å². The van der Waals surface area contributed by atoms with Crippen LogP contribution in [0.2, 0.25) is 0 Å². The minimum atomic E-state index is -2.80. The highest BCUT2D eigenvalue weighted by Crippen LogP contribution is 2.26. The maximum atomic E-state index is 12.7. The monoisotopic (exact) mass is 367 g/mol. The molecule has 136 valence electrons. The number of aryl methyl sites for hydroxylation is 1. The first-order valence-corrected chi connectivity index (χ1v) is 8.25. The molecule has 0 amide bonds. The SMILES string of the molecule is Cc1ccc(Cn2ccnc2-c2cc(-c3nnc(C(F)F)o3)ccn2)cc1. The van der Waals surface area contributed by atoms with E-state index in [4.69, 9.17) is 4.42 Å². The number of alkyl halides is 2. The van der Waals surface area contributed by atoms with Crippen molar-refractivity contribution in [3.05, 3.63) is 72.0 Å². The Bertz CT molecular complexity index is 1060. The van der Waals surface area contributed by atoms with E-state index in [-0.39, 0.29) is 5.89 Å². The van der Waals surface area contributed by atoms with Crippen molar-refractivity contribution in [2.24, 2.45) is 0 Å². The van der Waals surface area contributed by atoms with E-state index in [9.17, 15) is 8.78 Å². The van der Waals surface area contributed by atoms with Gasteiger partial charge in [-0.15, -0.1) is 10.2 Å². The average Bonchev–Trinajstić information content (AvgIpc) is 3.33. The molecule has 0 spiro atoms. The summed E-state index contributed by atoms with van der Waals surface area (Å²) in [5.74, 6) is -0.0270. The molecule has 3 aromatic heterocycles. The first kappa shape index (κ1) is 17.0. The van der Waals surface area contributed by atoms with Gasteiger partial charge in [-0.2, -0.15) is 8.78 Å². The second-order valence-electron chi connectivity index (χ2n) is 6.04. The molecule has 4 rings (SSSR count). The molecule has 0 aliphatic carbocycles. The lowest BCUT2D eigenvalue weighted by Crippen LogP contribution is -2.02. The number of hydrogen-bond donors (Lipinski definition) is 0. The van der Waals surface area contributed by atoms with Gasteiger partial charge in [0.05, 0.1) is 0 Å². The van der Waals surface area contributed by atoms with Crippen LogP contribution in [0.4, 0.5) is 8.78 Å². The zero-order valence-electron chi connectivity index (χ0n) is 14.4. The molecule has 0 saturated carbocycles. The molecule has 0 saturated heterocycles. The Hall–Kier alpha value is -3.42. The molecule has 0 aliphatic rings. The van der Waals surface area contributed by atoms with E-state index in [0.717, 1.165) is 5.56 Å². The van der Waals surface area contributed by atoms with Crippen molar-refractivity contribution in [3.8, 4) is 23.0 Å². The fourth-order valence-electron chi connectivity index (χ4n) is 2.69. The number of rotatable bonds is 5. The fourth-order valence-corrected chi connectivity index (χ4v) is 2.69. The van der Waals surface area contributed by atoms with E-state index < -0.39 is 12.3 Å². The smallest absolute Gasteiger partial charge is 0.314 e. The van der Waals surface area contributed by atoms with E-state index >= 15 is 0 Å². The molecule has 27 heavy (non-hydrogen) atoms. The largest absolute Gasteiger partial charge is 0.415 e. The number of pyridine rings is 1. The van der Waals surface area contributed by atoms with Crippen molar-refractivity contribution in [1.29, 1.82) is 0 Å². The first-order valence-electron chi connectivity index (χ1n) is 8.25. The molecule has 4 aromatic rings. The molecular weight excluding hydrogens is 352 g/mol. The zero-order chi connectivity index (χ0) is 18.8. The second-order valence-corrected chi connectivity index (χ2v) is 6.04. The summed E-state index contributed by atoms with van der Waals surface area (Å²) in [5, 5.41) is 7.03. The Morgan fingerprint density at radius 3 is 2.59 bits per heavy atom. The van der Waals surface area contributed by atoms with Crippen LogP contribution in [0.25, 0.3) is 23.0 Å². The number of nitrogens with zero attached hydrogens (tertiary/aromatic N) is 5. The summed E-state index contributed by atoms with van der Waals surface area (Å²) >= 11 is 0. The number of aromatic nitrogens is 5. The van der Waals surface area contributed by atoms with E-state index in [2.05, 4.69) is 44.4 Å². The van der Waals surface area contributed by atoms with Gasteiger partial charge in [0.1, 0.15) is 5.69 Å². The van der Waals surface area contributed by atoms with Crippen molar-refractivity contribution < 1.29 is 13.2 Å². The van der Waals surface area contributed by atoms with Gasteiger partial charge in [-0.3, -0.25) is 4.98 Å². The Labute approximate surface area is 153 Å². The fraction of sp³-hybridized carbons (Fsp3) is 0.158. The lowest BCUT2D eigenvalue weighted by Gasteiger charge is -2.08. The standard InChI is InChI=1S/C19H15F2N5O/c1-12-2-4-13(5-3-12)11-26-9-8-23-17(26)15-10-14(6-7-22-15)18-24-25-19(27-18)16(20)21/h2-10,16H,11H2,1H3. The van der Waals surface area contributed by atoms with Gasteiger partial charge in [0.15, 0.2) is 5.82 Å². The molecule has 0 unspecified atom stereocenters. The summed E-state index contributed by atoms with van der Waals surface area (Å²) < 4.78 is 32.3. The highest BCUT2D eigenvalue weighted by Gasteiger charge is 2.18. The van der Waals surface area contributed by atoms with Crippen LogP contribution in [0.3, 0.4) is 0 Å². The molecule has 0 fully saturated rings. The minimum Gasteiger partial charge on any atom is -0.415 e. The van der Waals surface area contributed by atoms with Gasteiger partial charge in [0.25, 0.3) is 5.89 Å². The first-order chi connectivity index (χ1) is 13.1. The normalized spacial score (nSPS) is 11.3. The summed E-state index contributed by atoms with van der Waals surface area (Å²) in [5.41, 5.74) is 3.42. The minimum absolute atomic E-state index is 0.0191. The Kier molecular flexibility index (Phi) is 4.45. The maximum absolute atomic E-state index is 12.7. The Morgan fingerprint density at radius 2 is 1.85 bits per heavy atom. The van der Waals surface area contributed by atoms with Crippen molar-refractivity contribution in [2.45, 2.75) is 19.9 Å². The van der Waals surface area contributed by atoms with Crippen molar-refractivity contribution >= 4 is 0 Å². The van der Waals surface area contributed by atoms with Crippen LogP contribution in [0.15, 0.2) is 59.4 Å². The molecule has 3 heterocycles. The molecule has 1 aromatic carbocycles. The molecular formula is C19H15F2N5O. The molecule has 0 atom stereocenters. The van der Waals surface area contributed by atoms with E-state index in [0.29, 0.717) is 23.6 Å². The summed E-state index contributed by atoms with van der Waals surface area (Å²) in [6, 6.07) is 11.6. The van der Waals surface area contributed by atoms with Crippen LogP contribution < -0.4 is 0 Å². The summed E-state index contributed by atoms with van der Waals surface area (Å²) in [4.78, 5) is 8.73. The predicted octanol–water partition coefficient (Wildman–Crippen LogP) is 4.29. The van der Waals surface area contributed by atoms with Crippen LogP contribution in [-0.2, 0) is 6.54 Å². The molecule has 6 nitrogen and oxygen atoms in total. The van der Waals surface area contributed by atoms with Gasteiger partial charge in [-0.25, -0.2) is 4.98 Å². The van der Waals surface area contributed by atoms with Gasteiger partial charge in [0, 0.05) is 30.7 Å². The molecule has 0 aliphatic heterocycles. The third-order valence-electron chi connectivity index (χ3n) is 4.05. The maximum Gasteiger partial charge on any atom is 0.314 e. The third-order valence-corrected chi connectivity index (χ3v) is 4.05. The van der Waals surface area contributed by atoms with Crippen LogP contribution >= 0.6 is 0 Å². The number of imidazole rings is 1. The van der Waals surface area contributed by atoms with E-state index in [1.54, 1.807) is 24.5 Å². The van der Waals surface area contributed by atoms with E-state index in [1.807, 2.05) is 17.7 Å². The van der Waals surface area contributed by atoms with E-state index in [1.165, 1.54) is 5.56 Å². The van der Waals surface area contributed by atoms with Gasteiger partial charge in [0.2, 0.25) is 5.89 Å². The lowest BCUT2D eigenvalue weighted by atomic mass is 10.1. The quantitative estimate of drug-likeness (QED) is 0.526. The summed E-state index contributed by atoms with van der Waals surface area (Å²) in [6.45, 7) is 2.68. The van der Waals surface area contributed by atoms with Crippen LogP contribution in [0.5, 0.6) is 0 Å². The Morgan fingerprint density at radius 1 is 1.04 bits per heavy atom. The van der Waals surface area contributed by atoms with Crippen molar-refractivity contribution in [2.75, 3.05) is 0 Å². The number of halogens is 2.